The molecule has 0 heterocycles. The first kappa shape index (κ1) is 21.5. The minimum Gasteiger partial charge on any atom is -0.175 e. The van der Waals surface area contributed by atoms with Gasteiger partial charge in [0.05, 0.1) is 0 Å². The van der Waals surface area contributed by atoms with E-state index in [1.54, 1.807) is 0 Å². The van der Waals surface area contributed by atoms with Crippen LogP contribution in [0.1, 0.15) is 22.3 Å². The third kappa shape index (κ3) is 4.68. The molecule has 0 bridgehead atoms. The quantitative estimate of drug-likeness (QED) is 0.233. The van der Waals surface area contributed by atoms with Crippen molar-refractivity contribution in [3.8, 4) is 0 Å². The Balaban J connectivity index is 0.000000161. The second kappa shape index (κ2) is 10.5. The van der Waals surface area contributed by atoms with E-state index in [-0.39, 0.29) is 0 Å². The number of hydrogen-bond donors (Lipinski definition) is 4. The molecule has 144 valence electrons. The number of thiol groups is 4. The zero-order chi connectivity index (χ0) is 19.9. The predicted molar refractivity (Wildman–Crippen MR) is 139 cm³/mol. The summed E-state index contributed by atoms with van der Waals surface area (Å²) in [6, 6.07) is 25.4. The van der Waals surface area contributed by atoms with Crippen LogP contribution in [0.15, 0.2) is 72.8 Å². The molecule has 4 aromatic carbocycles. The predicted octanol–water partition coefficient (Wildman–Crippen LogP) is 7.40. The van der Waals surface area contributed by atoms with E-state index >= 15 is 0 Å². The fraction of sp³-hybridized carbons (Fsp3) is 0.167. The lowest BCUT2D eigenvalue weighted by atomic mass is 10.0. The van der Waals surface area contributed by atoms with Crippen molar-refractivity contribution in [2.24, 2.45) is 0 Å². The molecule has 0 N–H and O–H groups in total. The van der Waals surface area contributed by atoms with Gasteiger partial charge < -0.3 is 0 Å². The van der Waals surface area contributed by atoms with Gasteiger partial charge in [0, 0.05) is 23.0 Å². The molecule has 0 amide bonds. The van der Waals surface area contributed by atoms with Crippen LogP contribution in [0.4, 0.5) is 0 Å². The molecule has 4 aromatic rings. The van der Waals surface area contributed by atoms with Gasteiger partial charge in [-0.05, 0) is 43.8 Å². The topological polar surface area (TPSA) is 0 Å². The Labute approximate surface area is 189 Å². The Bertz CT molecular complexity index is 946. The molecule has 0 aliphatic rings. The van der Waals surface area contributed by atoms with Crippen LogP contribution in [-0.4, -0.2) is 0 Å². The summed E-state index contributed by atoms with van der Waals surface area (Å²) in [6.45, 7) is 0. The van der Waals surface area contributed by atoms with Crippen molar-refractivity contribution in [1.29, 1.82) is 0 Å². The van der Waals surface area contributed by atoms with Crippen molar-refractivity contribution in [3.63, 3.8) is 0 Å². The lowest BCUT2D eigenvalue weighted by Crippen LogP contribution is -1.87. The normalized spacial score (nSPS) is 10.7. The molecule has 28 heavy (non-hydrogen) atoms. The van der Waals surface area contributed by atoms with E-state index in [9.17, 15) is 0 Å². The Morgan fingerprint density at radius 2 is 0.643 bits per heavy atom. The maximum absolute atomic E-state index is 4.33. The molecule has 0 aromatic heterocycles. The molecule has 0 saturated carbocycles. The average Bonchev–Trinajstić information content (AvgIpc) is 2.77. The van der Waals surface area contributed by atoms with E-state index in [0.717, 1.165) is 23.0 Å². The minimum atomic E-state index is 0.785. The Morgan fingerprint density at radius 1 is 0.357 bits per heavy atom. The largest absolute Gasteiger partial charge is 0.175 e. The number of benzene rings is 4. The Morgan fingerprint density at radius 3 is 0.964 bits per heavy atom. The van der Waals surface area contributed by atoms with Crippen LogP contribution < -0.4 is 0 Å². The number of hydrogen-bond acceptors (Lipinski definition) is 4. The van der Waals surface area contributed by atoms with E-state index in [4.69, 9.17) is 0 Å². The molecule has 0 spiro atoms. The highest BCUT2D eigenvalue weighted by molar-refractivity contribution is 7.79. The number of rotatable bonds is 4. The van der Waals surface area contributed by atoms with Crippen molar-refractivity contribution in [1.82, 2.24) is 0 Å². The van der Waals surface area contributed by atoms with Gasteiger partial charge >= 0.3 is 0 Å². The molecule has 0 aliphatic carbocycles. The second-order valence-electron chi connectivity index (χ2n) is 6.49. The highest BCUT2D eigenvalue weighted by Crippen LogP contribution is 2.25. The first-order valence-electron chi connectivity index (χ1n) is 9.16. The smallest absolute Gasteiger partial charge is 0.0160 e. The summed E-state index contributed by atoms with van der Waals surface area (Å²) >= 11 is 17.3. The lowest BCUT2D eigenvalue weighted by Gasteiger charge is -2.07. The van der Waals surface area contributed by atoms with Crippen molar-refractivity contribution in [2.45, 2.75) is 23.0 Å². The van der Waals surface area contributed by atoms with Gasteiger partial charge in [-0.2, -0.15) is 50.5 Å². The number of fused-ring (bicyclic) bond motifs is 2. The van der Waals surface area contributed by atoms with Crippen LogP contribution in [-0.2, 0) is 23.0 Å². The highest BCUT2D eigenvalue weighted by Gasteiger charge is 2.03. The van der Waals surface area contributed by atoms with Gasteiger partial charge in [0.2, 0.25) is 0 Å². The van der Waals surface area contributed by atoms with Crippen molar-refractivity contribution >= 4 is 72.1 Å². The molecule has 0 aliphatic heterocycles. The molecule has 0 radical (unpaired) electrons. The molecule has 0 fully saturated rings. The standard InChI is InChI=1S/2C12H12S2/c13-7-9-3-1-5-11-10(8-14)4-2-6-12(9)11;13-7-9-5-6-10(8-14)12-4-2-1-3-11(9)12/h2*1-6,13-14H,7-8H2. The third-order valence-electron chi connectivity index (χ3n) is 4.89. The van der Waals surface area contributed by atoms with E-state index < -0.39 is 0 Å². The van der Waals surface area contributed by atoms with Gasteiger partial charge in [-0.25, -0.2) is 0 Å². The summed E-state index contributed by atoms with van der Waals surface area (Å²) in [7, 11) is 0. The van der Waals surface area contributed by atoms with Gasteiger partial charge in [-0.1, -0.05) is 72.8 Å². The summed E-state index contributed by atoms with van der Waals surface area (Å²) in [6.07, 6.45) is 0. The van der Waals surface area contributed by atoms with Crippen LogP contribution in [0.5, 0.6) is 0 Å². The van der Waals surface area contributed by atoms with Gasteiger partial charge in [0.15, 0.2) is 0 Å². The highest BCUT2D eigenvalue weighted by atomic mass is 32.1. The minimum absolute atomic E-state index is 0.785. The summed E-state index contributed by atoms with van der Waals surface area (Å²) in [5.74, 6) is 3.14. The van der Waals surface area contributed by atoms with E-state index in [0.29, 0.717) is 0 Å². The van der Waals surface area contributed by atoms with Gasteiger partial charge in [0.1, 0.15) is 0 Å². The fourth-order valence-corrected chi connectivity index (χ4v) is 4.52. The maximum Gasteiger partial charge on any atom is 0.0160 e. The fourth-order valence-electron chi connectivity index (χ4n) is 3.42. The van der Waals surface area contributed by atoms with Crippen LogP contribution in [0.3, 0.4) is 0 Å². The van der Waals surface area contributed by atoms with Crippen LogP contribution >= 0.6 is 50.5 Å². The van der Waals surface area contributed by atoms with Crippen LogP contribution in [0, 0.1) is 0 Å². The molecule has 4 rings (SSSR count). The summed E-state index contributed by atoms with van der Waals surface area (Å²) in [5.41, 5.74) is 5.15. The van der Waals surface area contributed by atoms with Gasteiger partial charge in [-0.3, -0.25) is 0 Å². The summed E-state index contributed by atoms with van der Waals surface area (Å²) in [5, 5.41) is 5.20. The summed E-state index contributed by atoms with van der Waals surface area (Å²) in [4.78, 5) is 0. The zero-order valence-electron chi connectivity index (χ0n) is 15.5. The van der Waals surface area contributed by atoms with Crippen molar-refractivity contribution in [2.75, 3.05) is 0 Å². The summed E-state index contributed by atoms with van der Waals surface area (Å²) < 4.78 is 0. The molecule has 0 atom stereocenters. The first-order valence-corrected chi connectivity index (χ1v) is 11.7. The second-order valence-corrected chi connectivity index (χ2v) is 7.76. The average molecular weight is 441 g/mol. The van der Waals surface area contributed by atoms with E-state index in [1.165, 1.54) is 43.8 Å². The van der Waals surface area contributed by atoms with Crippen LogP contribution in [0.25, 0.3) is 21.5 Å². The molecule has 0 unspecified atom stereocenters. The molecule has 0 nitrogen and oxygen atoms in total. The molecular weight excluding hydrogens is 417 g/mol. The van der Waals surface area contributed by atoms with E-state index in [2.05, 4.69) is 123 Å². The molecule has 4 heteroatoms. The van der Waals surface area contributed by atoms with Crippen molar-refractivity contribution in [3.05, 3.63) is 95.1 Å². The Kier molecular flexibility index (Phi) is 8.10. The molecule has 0 saturated heterocycles. The third-order valence-corrected chi connectivity index (χ3v) is 6.25. The first-order chi connectivity index (χ1) is 13.7. The Hall–Kier alpha value is -1.20. The zero-order valence-corrected chi connectivity index (χ0v) is 19.1. The monoisotopic (exact) mass is 440 g/mol. The van der Waals surface area contributed by atoms with Gasteiger partial charge in [0.25, 0.3) is 0 Å². The SMILES string of the molecule is SCc1ccc(CS)c2ccccc12.SCc1cccc2c(CS)cccc12. The maximum atomic E-state index is 4.33. The van der Waals surface area contributed by atoms with Crippen molar-refractivity contribution < 1.29 is 0 Å². The van der Waals surface area contributed by atoms with Gasteiger partial charge in [-0.15, -0.1) is 0 Å². The van der Waals surface area contributed by atoms with Crippen LogP contribution in [0.2, 0.25) is 0 Å². The molecular formula is C24H24S4. The van der Waals surface area contributed by atoms with E-state index in [1.807, 2.05) is 0 Å². The lowest BCUT2D eigenvalue weighted by molar-refractivity contribution is 1.41.